The summed E-state index contributed by atoms with van der Waals surface area (Å²) in [6.45, 7) is 0.912. The topological polar surface area (TPSA) is 27.8 Å². The Balaban J connectivity index is 1.49. The van der Waals surface area contributed by atoms with Gasteiger partial charge in [0, 0.05) is 27.7 Å². The van der Waals surface area contributed by atoms with Gasteiger partial charge in [-0.05, 0) is 73.7 Å². The number of halogens is 2. The summed E-state index contributed by atoms with van der Waals surface area (Å²) in [5.74, 6) is -0.165. The molecule has 1 unspecified atom stereocenters. The van der Waals surface area contributed by atoms with Gasteiger partial charge in [-0.15, -0.1) is 0 Å². The van der Waals surface area contributed by atoms with E-state index in [-0.39, 0.29) is 5.82 Å². The first-order chi connectivity index (χ1) is 11.7. The molecule has 4 heteroatoms. The molecule has 4 rings (SSSR count). The zero-order valence-corrected chi connectivity index (χ0v) is 14.2. The van der Waals surface area contributed by atoms with Crippen LogP contribution in [0.1, 0.15) is 35.7 Å². The van der Waals surface area contributed by atoms with Crippen LogP contribution in [0.2, 0.25) is 5.02 Å². The van der Waals surface area contributed by atoms with Gasteiger partial charge in [0.05, 0.1) is 0 Å². The highest BCUT2D eigenvalue weighted by Crippen LogP contribution is 2.34. The number of aryl methyl sites for hydroxylation is 1. The van der Waals surface area contributed by atoms with Crippen LogP contribution in [0.15, 0.2) is 42.5 Å². The van der Waals surface area contributed by atoms with Crippen molar-refractivity contribution in [3.05, 3.63) is 70.1 Å². The van der Waals surface area contributed by atoms with E-state index in [4.69, 9.17) is 11.6 Å². The average Bonchev–Trinajstić information content (AvgIpc) is 2.95. The number of hydrogen-bond acceptors (Lipinski definition) is 1. The van der Waals surface area contributed by atoms with E-state index in [2.05, 4.69) is 22.4 Å². The molecule has 0 radical (unpaired) electrons. The SMILES string of the molecule is Fc1ccc2[nH]c3c(c2c1)CCCC3NCCc1ccc(Cl)cc1. The van der Waals surface area contributed by atoms with Gasteiger partial charge >= 0.3 is 0 Å². The lowest BCUT2D eigenvalue weighted by Crippen LogP contribution is -2.27. The molecule has 0 bridgehead atoms. The Morgan fingerprint density at radius 2 is 2.00 bits per heavy atom. The molecular weight excluding hydrogens is 323 g/mol. The summed E-state index contributed by atoms with van der Waals surface area (Å²) in [4.78, 5) is 3.50. The smallest absolute Gasteiger partial charge is 0.123 e. The second kappa shape index (κ2) is 6.58. The van der Waals surface area contributed by atoms with E-state index in [0.717, 1.165) is 48.2 Å². The Bertz CT molecular complexity index is 854. The first kappa shape index (κ1) is 15.7. The molecule has 1 heterocycles. The summed E-state index contributed by atoms with van der Waals surface area (Å²) < 4.78 is 13.6. The quantitative estimate of drug-likeness (QED) is 0.672. The molecule has 124 valence electrons. The molecule has 0 saturated carbocycles. The van der Waals surface area contributed by atoms with Gasteiger partial charge in [-0.3, -0.25) is 0 Å². The summed E-state index contributed by atoms with van der Waals surface area (Å²) in [5.41, 5.74) is 4.83. The normalized spacial score (nSPS) is 17.2. The molecule has 2 aromatic carbocycles. The molecule has 2 nitrogen and oxygen atoms in total. The lowest BCUT2D eigenvalue weighted by Gasteiger charge is -2.24. The highest BCUT2D eigenvalue weighted by Gasteiger charge is 2.23. The summed E-state index contributed by atoms with van der Waals surface area (Å²) in [7, 11) is 0. The number of aromatic nitrogens is 1. The van der Waals surface area contributed by atoms with Crippen LogP contribution < -0.4 is 5.32 Å². The third-order valence-corrected chi connectivity index (χ3v) is 5.14. The van der Waals surface area contributed by atoms with Crippen LogP contribution in [0.5, 0.6) is 0 Å². The van der Waals surface area contributed by atoms with Crippen molar-refractivity contribution in [1.29, 1.82) is 0 Å². The van der Waals surface area contributed by atoms with Gasteiger partial charge in [0.2, 0.25) is 0 Å². The number of H-pyrrole nitrogens is 1. The van der Waals surface area contributed by atoms with Crippen molar-refractivity contribution in [2.45, 2.75) is 31.7 Å². The highest BCUT2D eigenvalue weighted by molar-refractivity contribution is 6.30. The fourth-order valence-corrected chi connectivity index (χ4v) is 3.81. The standard InChI is InChI=1S/C20H20ClFN2/c21-14-6-4-13(5-7-14)10-11-23-19-3-1-2-16-17-12-15(22)8-9-18(17)24-20(16)19/h4-9,12,19,23-24H,1-3,10-11H2. The van der Waals surface area contributed by atoms with E-state index >= 15 is 0 Å². The number of hydrogen-bond donors (Lipinski definition) is 2. The maximum Gasteiger partial charge on any atom is 0.123 e. The van der Waals surface area contributed by atoms with Gasteiger partial charge in [-0.1, -0.05) is 23.7 Å². The zero-order chi connectivity index (χ0) is 16.5. The Labute approximate surface area is 146 Å². The van der Waals surface area contributed by atoms with Gasteiger partial charge in [0.25, 0.3) is 0 Å². The van der Waals surface area contributed by atoms with Gasteiger partial charge < -0.3 is 10.3 Å². The molecule has 1 aromatic heterocycles. The first-order valence-corrected chi connectivity index (χ1v) is 8.86. The monoisotopic (exact) mass is 342 g/mol. The van der Waals surface area contributed by atoms with Crippen molar-refractivity contribution in [3.63, 3.8) is 0 Å². The Morgan fingerprint density at radius 1 is 1.17 bits per heavy atom. The molecule has 0 spiro atoms. The van der Waals surface area contributed by atoms with Gasteiger partial charge in [0.1, 0.15) is 5.82 Å². The summed E-state index contributed by atoms with van der Waals surface area (Å²) in [6.07, 6.45) is 4.24. The fraction of sp³-hybridized carbons (Fsp3) is 0.300. The predicted molar refractivity (Wildman–Crippen MR) is 97.1 cm³/mol. The number of benzene rings is 2. The van der Waals surface area contributed by atoms with E-state index in [1.807, 2.05) is 18.2 Å². The molecule has 0 fully saturated rings. The maximum absolute atomic E-state index is 13.6. The maximum atomic E-state index is 13.6. The molecule has 0 saturated heterocycles. The van der Waals surface area contributed by atoms with Crippen LogP contribution in [0, 0.1) is 5.82 Å². The molecule has 2 N–H and O–H groups in total. The fourth-order valence-electron chi connectivity index (χ4n) is 3.68. The largest absolute Gasteiger partial charge is 0.357 e. The summed E-state index contributed by atoms with van der Waals surface area (Å²) in [5, 5.41) is 5.47. The minimum atomic E-state index is -0.165. The van der Waals surface area contributed by atoms with E-state index < -0.39 is 0 Å². The lowest BCUT2D eigenvalue weighted by atomic mass is 9.91. The number of aromatic amines is 1. The van der Waals surface area contributed by atoms with Gasteiger partial charge in [-0.25, -0.2) is 4.39 Å². The van der Waals surface area contributed by atoms with Crippen molar-refractivity contribution < 1.29 is 4.39 Å². The van der Waals surface area contributed by atoms with Crippen molar-refractivity contribution in [2.24, 2.45) is 0 Å². The van der Waals surface area contributed by atoms with E-state index in [1.54, 1.807) is 6.07 Å². The summed E-state index contributed by atoms with van der Waals surface area (Å²) in [6, 6.07) is 13.3. The van der Waals surface area contributed by atoms with Crippen LogP contribution >= 0.6 is 11.6 Å². The van der Waals surface area contributed by atoms with E-state index in [9.17, 15) is 4.39 Å². The van der Waals surface area contributed by atoms with Crippen LogP contribution in [0.25, 0.3) is 10.9 Å². The zero-order valence-electron chi connectivity index (χ0n) is 13.4. The molecule has 1 aliphatic carbocycles. The minimum absolute atomic E-state index is 0.165. The van der Waals surface area contributed by atoms with Crippen LogP contribution in [0.3, 0.4) is 0 Å². The van der Waals surface area contributed by atoms with Crippen LogP contribution in [-0.2, 0) is 12.8 Å². The van der Waals surface area contributed by atoms with Gasteiger partial charge in [0.15, 0.2) is 0 Å². The van der Waals surface area contributed by atoms with Crippen molar-refractivity contribution in [1.82, 2.24) is 10.3 Å². The molecule has 0 aliphatic heterocycles. The predicted octanol–water partition coefficient (Wildman–Crippen LogP) is 5.17. The molecule has 0 amide bonds. The lowest BCUT2D eigenvalue weighted by molar-refractivity contribution is 0.456. The molecular formula is C20H20ClFN2. The minimum Gasteiger partial charge on any atom is -0.357 e. The third-order valence-electron chi connectivity index (χ3n) is 4.89. The van der Waals surface area contributed by atoms with Crippen LogP contribution in [0.4, 0.5) is 4.39 Å². The number of nitrogens with one attached hydrogen (secondary N) is 2. The van der Waals surface area contributed by atoms with Crippen molar-refractivity contribution in [3.8, 4) is 0 Å². The highest BCUT2D eigenvalue weighted by atomic mass is 35.5. The Morgan fingerprint density at radius 3 is 2.83 bits per heavy atom. The van der Waals surface area contributed by atoms with Gasteiger partial charge in [-0.2, -0.15) is 0 Å². The van der Waals surface area contributed by atoms with E-state index in [1.165, 1.54) is 22.9 Å². The first-order valence-electron chi connectivity index (χ1n) is 8.48. The van der Waals surface area contributed by atoms with E-state index in [0.29, 0.717) is 6.04 Å². The van der Waals surface area contributed by atoms with Crippen molar-refractivity contribution >= 4 is 22.5 Å². The average molecular weight is 343 g/mol. The Kier molecular flexibility index (Phi) is 4.30. The molecule has 3 aromatic rings. The molecule has 24 heavy (non-hydrogen) atoms. The number of rotatable bonds is 4. The Hall–Kier alpha value is -1.84. The molecule has 1 aliphatic rings. The number of fused-ring (bicyclic) bond motifs is 3. The van der Waals surface area contributed by atoms with Crippen LogP contribution in [-0.4, -0.2) is 11.5 Å². The second-order valence-corrected chi connectivity index (χ2v) is 6.92. The third kappa shape index (κ3) is 3.06. The molecule has 1 atom stereocenters. The summed E-state index contributed by atoms with van der Waals surface area (Å²) >= 11 is 5.93. The second-order valence-electron chi connectivity index (χ2n) is 6.48. The van der Waals surface area contributed by atoms with Crippen molar-refractivity contribution in [2.75, 3.05) is 6.54 Å².